The van der Waals surface area contributed by atoms with E-state index in [4.69, 9.17) is 14.2 Å². The summed E-state index contributed by atoms with van der Waals surface area (Å²) in [7, 11) is 3.47. The van der Waals surface area contributed by atoms with Crippen molar-refractivity contribution in [3.63, 3.8) is 0 Å². The zero-order valence-electron chi connectivity index (χ0n) is 17.4. The molecule has 1 amide bonds. The average molecular weight is 411 g/mol. The largest absolute Gasteiger partial charge is 0.493 e. The standard InChI is InChI=1S/C21H25N5O4/c1-15-17(13-24(2)23-15)26-7-6-22-21(26)16-4-5-18(19(12-16)28-3)30-14-20(27)25-8-10-29-11-9-25/h4-7,12-13H,8-11,14H2,1-3H3. The van der Waals surface area contributed by atoms with Crippen molar-refractivity contribution in [2.45, 2.75) is 6.92 Å². The van der Waals surface area contributed by atoms with Crippen LogP contribution in [-0.4, -0.2) is 70.2 Å². The molecule has 1 saturated heterocycles. The number of amides is 1. The highest BCUT2D eigenvalue weighted by Gasteiger charge is 2.19. The number of hydrogen-bond donors (Lipinski definition) is 0. The van der Waals surface area contributed by atoms with E-state index in [9.17, 15) is 4.79 Å². The summed E-state index contributed by atoms with van der Waals surface area (Å²) in [6.45, 7) is 4.23. The Kier molecular flexibility index (Phi) is 5.71. The minimum Gasteiger partial charge on any atom is -0.493 e. The molecular formula is C21H25N5O4. The van der Waals surface area contributed by atoms with Crippen molar-refractivity contribution in [2.24, 2.45) is 7.05 Å². The van der Waals surface area contributed by atoms with E-state index in [0.29, 0.717) is 37.8 Å². The van der Waals surface area contributed by atoms with Crippen LogP contribution < -0.4 is 9.47 Å². The van der Waals surface area contributed by atoms with Gasteiger partial charge >= 0.3 is 0 Å². The molecule has 0 radical (unpaired) electrons. The van der Waals surface area contributed by atoms with Gasteiger partial charge in [0.1, 0.15) is 5.82 Å². The number of aromatic nitrogens is 4. The Hall–Kier alpha value is -3.33. The lowest BCUT2D eigenvalue weighted by Gasteiger charge is -2.26. The third kappa shape index (κ3) is 4.02. The van der Waals surface area contributed by atoms with E-state index in [2.05, 4.69) is 10.1 Å². The van der Waals surface area contributed by atoms with E-state index in [-0.39, 0.29) is 12.5 Å². The van der Waals surface area contributed by atoms with Gasteiger partial charge in [-0.3, -0.25) is 14.0 Å². The molecule has 0 aliphatic carbocycles. The van der Waals surface area contributed by atoms with Crippen molar-refractivity contribution < 1.29 is 19.0 Å². The number of imidazole rings is 1. The lowest BCUT2D eigenvalue weighted by Crippen LogP contribution is -2.43. The summed E-state index contributed by atoms with van der Waals surface area (Å²) in [6, 6.07) is 5.57. The topological polar surface area (TPSA) is 83.6 Å². The number of aryl methyl sites for hydroxylation is 2. The molecule has 0 spiro atoms. The van der Waals surface area contributed by atoms with Crippen LogP contribution in [0.3, 0.4) is 0 Å². The maximum atomic E-state index is 12.3. The van der Waals surface area contributed by atoms with Crippen molar-refractivity contribution in [2.75, 3.05) is 40.0 Å². The van der Waals surface area contributed by atoms with Crippen LogP contribution >= 0.6 is 0 Å². The smallest absolute Gasteiger partial charge is 0.260 e. The molecule has 0 atom stereocenters. The van der Waals surface area contributed by atoms with E-state index < -0.39 is 0 Å². The molecule has 1 fully saturated rings. The Labute approximate surface area is 174 Å². The van der Waals surface area contributed by atoms with Crippen molar-refractivity contribution in [3.05, 3.63) is 42.5 Å². The Morgan fingerprint density at radius 1 is 1.23 bits per heavy atom. The first-order valence-corrected chi connectivity index (χ1v) is 9.77. The maximum absolute atomic E-state index is 12.3. The minimum atomic E-state index is -0.0629. The Balaban J connectivity index is 1.54. The molecule has 1 aromatic carbocycles. The van der Waals surface area contributed by atoms with Crippen molar-refractivity contribution in [1.29, 1.82) is 0 Å². The van der Waals surface area contributed by atoms with Crippen LogP contribution in [0.15, 0.2) is 36.8 Å². The molecule has 1 aliphatic rings. The third-order valence-corrected chi connectivity index (χ3v) is 5.02. The molecule has 9 nitrogen and oxygen atoms in total. The lowest BCUT2D eigenvalue weighted by molar-refractivity contribution is -0.137. The SMILES string of the molecule is COc1cc(-c2nccn2-c2cn(C)nc2C)ccc1OCC(=O)N1CCOCC1. The summed E-state index contributed by atoms with van der Waals surface area (Å²) in [5.41, 5.74) is 2.73. The molecule has 3 heterocycles. The molecule has 0 N–H and O–H groups in total. The van der Waals surface area contributed by atoms with Gasteiger partial charge in [-0.2, -0.15) is 5.10 Å². The van der Waals surface area contributed by atoms with Crippen molar-refractivity contribution >= 4 is 5.91 Å². The summed E-state index contributed by atoms with van der Waals surface area (Å²) in [4.78, 5) is 18.6. The number of rotatable bonds is 6. The predicted molar refractivity (Wildman–Crippen MR) is 110 cm³/mol. The summed E-state index contributed by atoms with van der Waals surface area (Å²) < 4.78 is 20.3. The first kappa shape index (κ1) is 20.0. The van der Waals surface area contributed by atoms with Crippen molar-refractivity contribution in [3.8, 4) is 28.6 Å². The number of ether oxygens (including phenoxy) is 3. The molecule has 0 bridgehead atoms. The number of hydrogen-bond acceptors (Lipinski definition) is 6. The zero-order valence-corrected chi connectivity index (χ0v) is 17.4. The van der Waals surface area contributed by atoms with Gasteiger partial charge in [-0.1, -0.05) is 0 Å². The quantitative estimate of drug-likeness (QED) is 0.615. The van der Waals surface area contributed by atoms with Gasteiger partial charge in [0.15, 0.2) is 18.1 Å². The third-order valence-electron chi connectivity index (χ3n) is 5.02. The van der Waals surface area contributed by atoms with Crippen molar-refractivity contribution in [1.82, 2.24) is 24.2 Å². The molecule has 0 unspecified atom stereocenters. The first-order chi connectivity index (χ1) is 14.6. The average Bonchev–Trinajstić information content (AvgIpc) is 3.38. The zero-order chi connectivity index (χ0) is 21.1. The monoisotopic (exact) mass is 411 g/mol. The summed E-state index contributed by atoms with van der Waals surface area (Å²) in [5, 5.41) is 4.41. The number of morpholine rings is 1. The second-order valence-corrected chi connectivity index (χ2v) is 7.04. The van der Waals surface area contributed by atoms with Crippen LogP contribution in [0.2, 0.25) is 0 Å². The van der Waals surface area contributed by atoms with Gasteiger partial charge in [-0.15, -0.1) is 0 Å². The van der Waals surface area contributed by atoms with E-state index in [1.165, 1.54) is 0 Å². The van der Waals surface area contributed by atoms with Gasteiger partial charge < -0.3 is 19.1 Å². The number of nitrogens with zero attached hydrogens (tertiary/aromatic N) is 5. The van der Waals surface area contributed by atoms with E-state index in [1.807, 2.05) is 43.1 Å². The van der Waals surface area contributed by atoms with Gasteiger partial charge in [0, 0.05) is 44.3 Å². The number of carbonyl (C=O) groups excluding carboxylic acids is 1. The number of methoxy groups -OCH3 is 1. The summed E-state index contributed by atoms with van der Waals surface area (Å²) in [5.74, 6) is 1.76. The fraction of sp³-hybridized carbons (Fsp3) is 0.381. The number of carbonyl (C=O) groups is 1. The fourth-order valence-corrected chi connectivity index (χ4v) is 3.50. The van der Waals surface area contributed by atoms with Gasteiger partial charge in [0.2, 0.25) is 0 Å². The lowest BCUT2D eigenvalue weighted by atomic mass is 10.2. The second-order valence-electron chi connectivity index (χ2n) is 7.04. The summed E-state index contributed by atoms with van der Waals surface area (Å²) >= 11 is 0. The van der Waals surface area contributed by atoms with Gasteiger partial charge in [0.25, 0.3) is 5.91 Å². The molecule has 3 aromatic rings. The van der Waals surface area contributed by atoms with Crippen LogP contribution in [0.1, 0.15) is 5.69 Å². The molecule has 1 aliphatic heterocycles. The molecule has 0 saturated carbocycles. The highest BCUT2D eigenvalue weighted by molar-refractivity contribution is 5.78. The Morgan fingerprint density at radius 2 is 2.03 bits per heavy atom. The van der Waals surface area contributed by atoms with E-state index >= 15 is 0 Å². The molecule has 4 rings (SSSR count). The summed E-state index contributed by atoms with van der Waals surface area (Å²) in [6.07, 6.45) is 5.60. The van der Waals surface area contributed by atoms with Gasteiger partial charge in [-0.25, -0.2) is 4.98 Å². The van der Waals surface area contributed by atoms with E-state index in [1.54, 1.807) is 29.0 Å². The molecule has 158 valence electrons. The molecule has 30 heavy (non-hydrogen) atoms. The Bertz CT molecular complexity index is 1040. The Morgan fingerprint density at radius 3 is 2.73 bits per heavy atom. The highest BCUT2D eigenvalue weighted by atomic mass is 16.5. The van der Waals surface area contributed by atoms with Gasteiger partial charge in [0.05, 0.1) is 31.7 Å². The molecule has 2 aromatic heterocycles. The highest BCUT2D eigenvalue weighted by Crippen LogP contribution is 2.33. The minimum absolute atomic E-state index is 0.0424. The van der Waals surface area contributed by atoms with Crippen LogP contribution in [-0.2, 0) is 16.6 Å². The fourth-order valence-electron chi connectivity index (χ4n) is 3.50. The molecular weight excluding hydrogens is 386 g/mol. The van der Waals surface area contributed by atoms with Crippen LogP contribution in [0.4, 0.5) is 0 Å². The van der Waals surface area contributed by atoms with Crippen LogP contribution in [0.5, 0.6) is 11.5 Å². The van der Waals surface area contributed by atoms with Crippen LogP contribution in [0.25, 0.3) is 17.1 Å². The van der Waals surface area contributed by atoms with Crippen LogP contribution in [0, 0.1) is 6.92 Å². The predicted octanol–water partition coefficient (Wildman–Crippen LogP) is 1.83. The number of benzene rings is 1. The normalized spacial score (nSPS) is 14.0. The van der Waals surface area contributed by atoms with Gasteiger partial charge in [-0.05, 0) is 25.1 Å². The maximum Gasteiger partial charge on any atom is 0.260 e. The first-order valence-electron chi connectivity index (χ1n) is 9.77. The van der Waals surface area contributed by atoms with E-state index in [0.717, 1.165) is 22.8 Å². The molecule has 9 heteroatoms. The second kappa shape index (κ2) is 8.58.